The summed E-state index contributed by atoms with van der Waals surface area (Å²) in [7, 11) is 3.48. The molecule has 7 heteroatoms. The van der Waals surface area contributed by atoms with Crippen LogP contribution < -0.4 is 14.8 Å². The van der Waals surface area contributed by atoms with Gasteiger partial charge in [-0.25, -0.2) is 0 Å². The van der Waals surface area contributed by atoms with E-state index >= 15 is 0 Å². The number of nitrogens with zero attached hydrogens (tertiary/aromatic N) is 1. The number of thiophene rings is 1. The molecule has 1 atom stereocenters. The molecule has 0 fully saturated rings. The Balaban J connectivity index is 0.00000289. The molecule has 1 aromatic carbocycles. The second-order valence-electron chi connectivity index (χ2n) is 8.86. The Hall–Kier alpha value is -0.980. The Morgan fingerprint density at radius 2 is 1.82 bits per heavy atom. The van der Waals surface area contributed by atoms with E-state index in [0.717, 1.165) is 43.9 Å². The normalized spacial score (nSPS) is 14.8. The fraction of sp³-hybridized carbons (Fsp3) is 0.630. The maximum absolute atomic E-state index is 5.68. The Bertz CT molecular complexity index is 789. The first-order chi connectivity index (χ1) is 15.8. The second kappa shape index (κ2) is 17.4. The molecule has 2 aromatic rings. The van der Waals surface area contributed by atoms with Crippen molar-refractivity contribution in [1.82, 2.24) is 10.2 Å². The van der Waals surface area contributed by atoms with Gasteiger partial charge >= 0.3 is 0 Å². The van der Waals surface area contributed by atoms with Gasteiger partial charge in [0.25, 0.3) is 0 Å². The molecule has 0 spiro atoms. The average Bonchev–Trinajstić information content (AvgIpc) is 3.34. The Kier molecular flexibility index (Phi) is 15.9. The lowest BCUT2D eigenvalue weighted by Gasteiger charge is -2.36. The van der Waals surface area contributed by atoms with Gasteiger partial charge in [0.2, 0.25) is 0 Å². The van der Waals surface area contributed by atoms with E-state index in [1.807, 2.05) is 11.3 Å². The molecule has 194 valence electrons. The third-order valence-corrected chi connectivity index (χ3v) is 7.57. The summed E-state index contributed by atoms with van der Waals surface area (Å²) < 4.78 is 11.2. The maximum atomic E-state index is 5.68. The summed E-state index contributed by atoms with van der Waals surface area (Å²) in [5, 5.41) is 5.76. The minimum absolute atomic E-state index is 0. The molecule has 0 bridgehead atoms. The van der Waals surface area contributed by atoms with Gasteiger partial charge in [0.15, 0.2) is 11.5 Å². The smallest absolute Gasteiger partial charge is 0.164 e. The number of hydrogen-bond acceptors (Lipinski definition) is 5. The van der Waals surface area contributed by atoms with E-state index in [-0.39, 0.29) is 24.8 Å². The van der Waals surface area contributed by atoms with Gasteiger partial charge in [-0.05, 0) is 94.2 Å². The van der Waals surface area contributed by atoms with Crippen molar-refractivity contribution < 1.29 is 9.47 Å². The van der Waals surface area contributed by atoms with Crippen molar-refractivity contribution in [1.29, 1.82) is 0 Å². The minimum Gasteiger partial charge on any atom is -0.493 e. The molecule has 34 heavy (non-hydrogen) atoms. The molecular weight excluding hydrogens is 487 g/mol. The minimum atomic E-state index is 0. The van der Waals surface area contributed by atoms with Gasteiger partial charge < -0.3 is 19.7 Å². The molecule has 0 amide bonds. The highest BCUT2D eigenvalue weighted by Crippen LogP contribution is 2.38. The summed E-state index contributed by atoms with van der Waals surface area (Å²) >= 11 is 1.86. The van der Waals surface area contributed by atoms with Crippen LogP contribution in [0.1, 0.15) is 61.5 Å². The van der Waals surface area contributed by atoms with Crippen LogP contribution >= 0.6 is 36.2 Å². The SMILES string of the molecule is CCCN(CCCCCCNCCc1cccs1)C1CCc2c(ccc(OC)c2OC)C1.Cl.Cl. The molecule has 3 rings (SSSR count). The molecule has 1 N–H and O–H groups in total. The van der Waals surface area contributed by atoms with Crippen LogP contribution in [0.2, 0.25) is 0 Å². The van der Waals surface area contributed by atoms with Crippen LogP contribution in [0.5, 0.6) is 11.5 Å². The highest BCUT2D eigenvalue weighted by molar-refractivity contribution is 7.09. The van der Waals surface area contributed by atoms with Crippen LogP contribution in [-0.2, 0) is 19.3 Å². The third kappa shape index (κ3) is 9.23. The predicted octanol–water partition coefficient (Wildman–Crippen LogP) is 6.57. The van der Waals surface area contributed by atoms with Crippen molar-refractivity contribution in [2.75, 3.05) is 40.4 Å². The summed E-state index contributed by atoms with van der Waals surface area (Å²) in [6, 6.07) is 9.34. The number of unbranched alkanes of at least 4 members (excludes halogenated alkanes) is 3. The van der Waals surface area contributed by atoms with E-state index < -0.39 is 0 Å². The van der Waals surface area contributed by atoms with Crippen LogP contribution in [0.15, 0.2) is 29.6 Å². The number of fused-ring (bicyclic) bond motifs is 1. The molecule has 4 nitrogen and oxygen atoms in total. The summed E-state index contributed by atoms with van der Waals surface area (Å²) in [4.78, 5) is 4.23. The predicted molar refractivity (Wildman–Crippen MR) is 151 cm³/mol. The zero-order valence-electron chi connectivity index (χ0n) is 21.1. The lowest BCUT2D eigenvalue weighted by atomic mass is 9.86. The molecule has 1 aliphatic rings. The van der Waals surface area contributed by atoms with Crippen molar-refractivity contribution >= 4 is 36.2 Å². The molecule has 0 aliphatic heterocycles. The zero-order valence-corrected chi connectivity index (χ0v) is 23.6. The average molecular weight is 532 g/mol. The van der Waals surface area contributed by atoms with Crippen LogP contribution in [0, 0.1) is 0 Å². The number of hydrogen-bond donors (Lipinski definition) is 1. The first-order valence-electron chi connectivity index (χ1n) is 12.5. The van der Waals surface area contributed by atoms with Crippen molar-refractivity contribution in [2.45, 2.75) is 70.8 Å². The Labute approximate surface area is 223 Å². The summed E-state index contributed by atoms with van der Waals surface area (Å²) in [6.07, 6.45) is 11.1. The Morgan fingerprint density at radius 1 is 1.00 bits per heavy atom. The third-order valence-electron chi connectivity index (χ3n) is 6.63. The summed E-state index contributed by atoms with van der Waals surface area (Å²) in [5.74, 6) is 1.80. The van der Waals surface area contributed by atoms with Gasteiger partial charge in [-0.3, -0.25) is 0 Å². The molecule has 1 aliphatic carbocycles. The van der Waals surface area contributed by atoms with Crippen LogP contribution in [0.4, 0.5) is 0 Å². The van der Waals surface area contributed by atoms with E-state index in [1.54, 1.807) is 14.2 Å². The van der Waals surface area contributed by atoms with Gasteiger partial charge in [0, 0.05) is 16.5 Å². The number of nitrogens with one attached hydrogen (secondary N) is 1. The van der Waals surface area contributed by atoms with Gasteiger partial charge in [-0.15, -0.1) is 36.2 Å². The first-order valence-corrected chi connectivity index (χ1v) is 13.3. The molecule has 0 radical (unpaired) electrons. The van der Waals surface area contributed by atoms with E-state index in [2.05, 4.69) is 46.8 Å². The molecular formula is C27H44Cl2N2O2S. The van der Waals surface area contributed by atoms with E-state index in [9.17, 15) is 0 Å². The molecule has 0 saturated carbocycles. The largest absolute Gasteiger partial charge is 0.493 e. The fourth-order valence-electron chi connectivity index (χ4n) is 4.95. The maximum Gasteiger partial charge on any atom is 0.164 e. The molecule has 0 saturated heterocycles. The zero-order chi connectivity index (χ0) is 22.6. The number of benzene rings is 1. The summed E-state index contributed by atoms with van der Waals surface area (Å²) in [5.41, 5.74) is 2.79. The van der Waals surface area contributed by atoms with E-state index in [4.69, 9.17) is 9.47 Å². The number of ether oxygens (including phenoxy) is 2. The lowest BCUT2D eigenvalue weighted by Crippen LogP contribution is -2.40. The summed E-state index contributed by atoms with van der Waals surface area (Å²) in [6.45, 7) is 6.99. The quantitative estimate of drug-likeness (QED) is 0.264. The standard InChI is InChI=1S/C27H42N2O2S.2ClH/c1-4-18-29(19-8-6-5-7-16-28-17-15-24-10-9-20-32-24)23-12-13-25-22(21-23)11-14-26(30-2)27(25)31-3;;/h9-11,14,20,23,28H,4-8,12-13,15-19,21H2,1-3H3;2*1H. The lowest BCUT2D eigenvalue weighted by molar-refractivity contribution is 0.175. The van der Waals surface area contributed by atoms with E-state index in [1.165, 1.54) is 67.6 Å². The van der Waals surface area contributed by atoms with Gasteiger partial charge in [0.05, 0.1) is 14.2 Å². The first kappa shape index (κ1) is 31.1. The van der Waals surface area contributed by atoms with Crippen LogP contribution in [0.25, 0.3) is 0 Å². The van der Waals surface area contributed by atoms with Crippen molar-refractivity contribution in [2.24, 2.45) is 0 Å². The van der Waals surface area contributed by atoms with E-state index in [0.29, 0.717) is 6.04 Å². The van der Waals surface area contributed by atoms with Gasteiger partial charge in [0.1, 0.15) is 0 Å². The van der Waals surface area contributed by atoms with Crippen molar-refractivity contribution in [3.63, 3.8) is 0 Å². The van der Waals surface area contributed by atoms with Crippen molar-refractivity contribution in [3.8, 4) is 11.5 Å². The van der Waals surface area contributed by atoms with Gasteiger partial charge in [-0.2, -0.15) is 0 Å². The Morgan fingerprint density at radius 3 is 2.53 bits per heavy atom. The number of halogens is 2. The monoisotopic (exact) mass is 530 g/mol. The van der Waals surface area contributed by atoms with Crippen LogP contribution in [0.3, 0.4) is 0 Å². The molecule has 1 aromatic heterocycles. The highest BCUT2D eigenvalue weighted by atomic mass is 35.5. The topological polar surface area (TPSA) is 33.7 Å². The molecule has 1 heterocycles. The second-order valence-corrected chi connectivity index (χ2v) is 9.90. The fourth-order valence-corrected chi connectivity index (χ4v) is 5.66. The number of methoxy groups -OCH3 is 2. The molecule has 1 unspecified atom stereocenters. The highest BCUT2D eigenvalue weighted by Gasteiger charge is 2.26. The van der Waals surface area contributed by atoms with Crippen LogP contribution in [-0.4, -0.2) is 51.3 Å². The van der Waals surface area contributed by atoms with Crippen molar-refractivity contribution in [3.05, 3.63) is 45.6 Å². The number of rotatable bonds is 15. The van der Waals surface area contributed by atoms with Gasteiger partial charge in [-0.1, -0.05) is 31.9 Å².